The van der Waals surface area contributed by atoms with E-state index < -0.39 is 0 Å². The molecule has 19 heavy (non-hydrogen) atoms. The molecule has 1 atom stereocenters. The van der Waals surface area contributed by atoms with E-state index in [9.17, 15) is 0 Å². The minimum absolute atomic E-state index is 0.418. The number of rotatable bonds is 1. The van der Waals surface area contributed by atoms with Gasteiger partial charge in [0, 0.05) is 63.5 Å². The van der Waals surface area contributed by atoms with E-state index in [0.717, 1.165) is 31.9 Å². The van der Waals surface area contributed by atoms with E-state index >= 15 is 0 Å². The van der Waals surface area contributed by atoms with E-state index in [2.05, 4.69) is 22.0 Å². The molecule has 102 valence electrons. The van der Waals surface area contributed by atoms with Crippen molar-refractivity contribution in [1.82, 2.24) is 25.1 Å². The molecular weight excluding hydrogens is 238 g/mol. The van der Waals surface area contributed by atoms with Gasteiger partial charge in [0.05, 0.1) is 11.7 Å². The van der Waals surface area contributed by atoms with Gasteiger partial charge in [-0.15, -0.1) is 0 Å². The van der Waals surface area contributed by atoms with Crippen LogP contribution in [0.5, 0.6) is 0 Å². The molecule has 4 aliphatic rings. The van der Waals surface area contributed by atoms with Crippen LogP contribution in [0, 0.1) is 6.92 Å². The lowest BCUT2D eigenvalue weighted by molar-refractivity contribution is 0.00845. The van der Waals surface area contributed by atoms with Crippen LogP contribution in [0.1, 0.15) is 28.8 Å². The molecule has 0 saturated carbocycles. The molecule has 5 heteroatoms. The number of nitrogens with one attached hydrogen (secondary N) is 1. The molecule has 0 amide bonds. The highest BCUT2D eigenvalue weighted by Crippen LogP contribution is 2.28. The maximum Gasteiger partial charge on any atom is 0.147 e. The first-order chi connectivity index (χ1) is 9.31. The summed E-state index contributed by atoms with van der Waals surface area (Å²) in [5, 5.41) is 3.41. The van der Waals surface area contributed by atoms with Crippen LogP contribution in [-0.4, -0.2) is 59.0 Å². The molecule has 4 aliphatic heterocycles. The minimum Gasteiger partial charge on any atom is -0.312 e. The maximum atomic E-state index is 4.90. The van der Waals surface area contributed by atoms with Crippen molar-refractivity contribution in [3.63, 3.8) is 0 Å². The Bertz CT molecular complexity index is 493. The Labute approximate surface area is 114 Å². The fraction of sp³-hybridized carbons (Fsp3) is 0.714. The van der Waals surface area contributed by atoms with Gasteiger partial charge in [-0.25, -0.2) is 9.97 Å². The zero-order valence-electron chi connectivity index (χ0n) is 11.5. The molecular formula is C14H21N5. The van der Waals surface area contributed by atoms with Crippen LogP contribution in [0.3, 0.4) is 0 Å². The summed E-state index contributed by atoms with van der Waals surface area (Å²) in [6.07, 6.45) is 1.04. The van der Waals surface area contributed by atoms with Crippen molar-refractivity contribution in [2.75, 3.05) is 39.3 Å². The highest BCUT2D eigenvalue weighted by Gasteiger charge is 2.35. The Morgan fingerprint density at radius 2 is 2.00 bits per heavy atom. The number of aryl methyl sites for hydroxylation is 1. The van der Waals surface area contributed by atoms with E-state index in [1.54, 1.807) is 0 Å². The predicted octanol–water partition coefficient (Wildman–Crippen LogP) is 0.103. The smallest absolute Gasteiger partial charge is 0.147 e. The van der Waals surface area contributed by atoms with E-state index in [0.29, 0.717) is 6.04 Å². The fourth-order valence-corrected chi connectivity index (χ4v) is 3.55. The first kappa shape index (κ1) is 11.8. The molecule has 2 bridgehead atoms. The second kappa shape index (κ2) is 4.51. The molecule has 1 aromatic heterocycles. The highest BCUT2D eigenvalue weighted by atomic mass is 15.4. The van der Waals surface area contributed by atoms with E-state index in [1.807, 2.05) is 0 Å². The number of aromatic nitrogens is 2. The molecule has 5 heterocycles. The Kier molecular flexibility index (Phi) is 2.79. The predicted molar refractivity (Wildman–Crippen MR) is 72.9 cm³/mol. The molecule has 3 saturated heterocycles. The Morgan fingerprint density at radius 1 is 1.16 bits per heavy atom. The molecule has 0 radical (unpaired) electrons. The van der Waals surface area contributed by atoms with Crippen molar-refractivity contribution < 1.29 is 0 Å². The zero-order valence-corrected chi connectivity index (χ0v) is 11.5. The lowest BCUT2D eigenvalue weighted by Gasteiger charge is -2.46. The summed E-state index contributed by atoms with van der Waals surface area (Å²) < 4.78 is 0. The standard InChI is InChI=1S/C14H21N5/c1-10-11-8-15-3-2-12(11)17-14(16-10)13-9-18-4-6-19(13)7-5-18/h13,15H,2-9H2,1H3. The molecule has 0 aliphatic carbocycles. The largest absolute Gasteiger partial charge is 0.312 e. The van der Waals surface area contributed by atoms with Crippen LogP contribution < -0.4 is 5.32 Å². The summed E-state index contributed by atoms with van der Waals surface area (Å²) in [4.78, 5) is 14.8. The zero-order chi connectivity index (χ0) is 12.8. The van der Waals surface area contributed by atoms with Gasteiger partial charge in [-0.1, -0.05) is 0 Å². The molecule has 5 nitrogen and oxygen atoms in total. The van der Waals surface area contributed by atoms with E-state index in [1.165, 1.54) is 43.1 Å². The number of fused-ring (bicyclic) bond motifs is 4. The Morgan fingerprint density at radius 3 is 2.74 bits per heavy atom. The van der Waals surface area contributed by atoms with Crippen molar-refractivity contribution in [3.05, 3.63) is 22.8 Å². The summed E-state index contributed by atoms with van der Waals surface area (Å²) >= 11 is 0. The topological polar surface area (TPSA) is 44.3 Å². The van der Waals surface area contributed by atoms with Gasteiger partial charge in [0.2, 0.25) is 0 Å². The van der Waals surface area contributed by atoms with Crippen LogP contribution in [0.4, 0.5) is 0 Å². The molecule has 1 unspecified atom stereocenters. The summed E-state index contributed by atoms with van der Waals surface area (Å²) in [5.41, 5.74) is 3.77. The Balaban J connectivity index is 1.70. The van der Waals surface area contributed by atoms with Crippen LogP contribution >= 0.6 is 0 Å². The van der Waals surface area contributed by atoms with Gasteiger partial charge < -0.3 is 5.32 Å². The minimum atomic E-state index is 0.418. The maximum absolute atomic E-state index is 4.90. The average Bonchev–Trinajstić information content (AvgIpc) is 2.48. The monoisotopic (exact) mass is 259 g/mol. The molecule has 1 aromatic rings. The van der Waals surface area contributed by atoms with Crippen LogP contribution in [0.2, 0.25) is 0 Å². The van der Waals surface area contributed by atoms with E-state index in [-0.39, 0.29) is 0 Å². The van der Waals surface area contributed by atoms with Crippen molar-refractivity contribution in [3.8, 4) is 0 Å². The normalized spacial score (nSPS) is 33.2. The van der Waals surface area contributed by atoms with Crippen molar-refractivity contribution >= 4 is 0 Å². The summed E-state index contributed by atoms with van der Waals surface area (Å²) in [6, 6.07) is 0.418. The lowest BCUT2D eigenvalue weighted by Crippen LogP contribution is -2.57. The third-order valence-electron chi connectivity index (χ3n) is 4.73. The number of hydrogen-bond acceptors (Lipinski definition) is 5. The van der Waals surface area contributed by atoms with Gasteiger partial charge in [0.1, 0.15) is 5.82 Å². The quantitative estimate of drug-likeness (QED) is 0.775. The van der Waals surface area contributed by atoms with Gasteiger partial charge in [-0.05, 0) is 6.92 Å². The summed E-state index contributed by atoms with van der Waals surface area (Å²) in [5.74, 6) is 1.06. The fourth-order valence-electron chi connectivity index (χ4n) is 3.55. The molecule has 5 rings (SSSR count). The van der Waals surface area contributed by atoms with Crippen LogP contribution in [-0.2, 0) is 13.0 Å². The molecule has 1 N–H and O–H groups in total. The van der Waals surface area contributed by atoms with Gasteiger partial charge >= 0.3 is 0 Å². The van der Waals surface area contributed by atoms with Crippen molar-refractivity contribution in [2.45, 2.75) is 25.9 Å². The van der Waals surface area contributed by atoms with Gasteiger partial charge in [0.25, 0.3) is 0 Å². The third-order valence-corrected chi connectivity index (χ3v) is 4.73. The number of hydrogen-bond donors (Lipinski definition) is 1. The first-order valence-corrected chi connectivity index (χ1v) is 7.34. The third kappa shape index (κ3) is 1.96. The molecule has 3 fully saturated rings. The van der Waals surface area contributed by atoms with Gasteiger partial charge in [0.15, 0.2) is 0 Å². The summed E-state index contributed by atoms with van der Waals surface area (Å²) in [6.45, 7) is 9.99. The van der Waals surface area contributed by atoms with Gasteiger partial charge in [-0.3, -0.25) is 9.80 Å². The van der Waals surface area contributed by atoms with E-state index in [4.69, 9.17) is 9.97 Å². The SMILES string of the molecule is Cc1nc(C2CN3CCN2CC3)nc2c1CNCC2. The second-order valence-corrected chi connectivity index (χ2v) is 5.87. The highest BCUT2D eigenvalue weighted by molar-refractivity contribution is 5.28. The number of piperazine rings is 3. The Hall–Kier alpha value is -1.04. The van der Waals surface area contributed by atoms with Crippen LogP contribution in [0.25, 0.3) is 0 Å². The second-order valence-electron chi connectivity index (χ2n) is 5.87. The molecule has 0 spiro atoms. The lowest BCUT2D eigenvalue weighted by atomic mass is 10.0. The number of nitrogens with zero attached hydrogens (tertiary/aromatic N) is 4. The van der Waals surface area contributed by atoms with Gasteiger partial charge in [-0.2, -0.15) is 0 Å². The average molecular weight is 259 g/mol. The van der Waals surface area contributed by atoms with Crippen LogP contribution in [0.15, 0.2) is 0 Å². The first-order valence-electron chi connectivity index (χ1n) is 7.34. The molecule has 0 aromatic carbocycles. The summed E-state index contributed by atoms with van der Waals surface area (Å²) in [7, 11) is 0. The van der Waals surface area contributed by atoms with Crippen molar-refractivity contribution in [2.24, 2.45) is 0 Å². The van der Waals surface area contributed by atoms with Crippen molar-refractivity contribution in [1.29, 1.82) is 0 Å².